The number of benzene rings is 2. The first-order valence-corrected chi connectivity index (χ1v) is 6.52. The van der Waals surface area contributed by atoms with Crippen LogP contribution in [0.4, 0.5) is 0 Å². The Kier molecular flexibility index (Phi) is 2.68. The van der Waals surface area contributed by atoms with E-state index in [0.29, 0.717) is 5.56 Å². The molecule has 0 bridgehead atoms. The Morgan fingerprint density at radius 3 is 2.61 bits per heavy atom. The van der Waals surface area contributed by atoms with Crippen molar-refractivity contribution >= 4 is 27.3 Å². The molecule has 0 aliphatic carbocycles. The fraction of sp³-hybridized carbons (Fsp3) is 0.0667. The summed E-state index contributed by atoms with van der Waals surface area (Å²) in [5.74, 6) is 0.0751. The van der Waals surface area contributed by atoms with Crippen molar-refractivity contribution in [1.82, 2.24) is 4.98 Å². The number of aromatic nitrogens is 1. The van der Waals surface area contributed by atoms with Crippen molar-refractivity contribution in [2.24, 2.45) is 0 Å². The highest BCUT2D eigenvalue weighted by atomic mass is 32.1. The Morgan fingerprint density at radius 2 is 1.89 bits per heavy atom. The summed E-state index contributed by atoms with van der Waals surface area (Å²) in [7, 11) is 0. The molecule has 0 saturated heterocycles. The van der Waals surface area contributed by atoms with Crippen molar-refractivity contribution in [3.63, 3.8) is 0 Å². The minimum atomic E-state index is 0.0751. The van der Waals surface area contributed by atoms with E-state index in [1.807, 2.05) is 48.5 Å². The van der Waals surface area contributed by atoms with Crippen LogP contribution in [0.25, 0.3) is 20.8 Å². The summed E-state index contributed by atoms with van der Waals surface area (Å²) in [5.41, 5.74) is 2.72. The summed E-state index contributed by atoms with van der Waals surface area (Å²) in [4.78, 5) is 15.9. The van der Waals surface area contributed by atoms with Crippen LogP contribution in [0.3, 0.4) is 0 Å². The maximum Gasteiger partial charge on any atom is 0.159 e. The Bertz CT molecular complexity index is 716. The van der Waals surface area contributed by atoms with Crippen LogP contribution in [-0.4, -0.2) is 10.8 Å². The van der Waals surface area contributed by atoms with Gasteiger partial charge in [-0.25, -0.2) is 4.98 Å². The second-order valence-corrected chi connectivity index (χ2v) is 5.15. The predicted molar refractivity (Wildman–Crippen MR) is 75.1 cm³/mol. The lowest BCUT2D eigenvalue weighted by atomic mass is 10.1. The molecule has 3 heteroatoms. The molecule has 3 rings (SSSR count). The monoisotopic (exact) mass is 253 g/mol. The van der Waals surface area contributed by atoms with Crippen molar-refractivity contribution < 1.29 is 4.79 Å². The van der Waals surface area contributed by atoms with Crippen LogP contribution in [0, 0.1) is 0 Å². The Balaban J connectivity index is 2.14. The molecule has 88 valence electrons. The molecule has 0 fully saturated rings. The molecule has 0 aliphatic heterocycles. The largest absolute Gasteiger partial charge is 0.295 e. The molecule has 0 amide bonds. The zero-order valence-electron chi connectivity index (χ0n) is 9.88. The number of ketones is 1. The Hall–Kier alpha value is -2.00. The van der Waals surface area contributed by atoms with Gasteiger partial charge >= 0.3 is 0 Å². The van der Waals surface area contributed by atoms with Gasteiger partial charge in [-0.15, -0.1) is 11.3 Å². The molecule has 0 saturated carbocycles. The van der Waals surface area contributed by atoms with Gasteiger partial charge in [0.05, 0.1) is 10.2 Å². The summed E-state index contributed by atoms with van der Waals surface area (Å²) in [5, 5.41) is 0.992. The standard InChI is InChI=1S/C15H11NOS/c1-10(17)12-7-8-14-13(9-12)16-15(18-14)11-5-3-2-4-6-11/h2-9H,1H3. The highest BCUT2D eigenvalue weighted by Gasteiger charge is 2.07. The van der Waals surface area contributed by atoms with Crippen LogP contribution in [0.5, 0.6) is 0 Å². The number of thiazole rings is 1. The fourth-order valence-corrected chi connectivity index (χ4v) is 2.80. The minimum absolute atomic E-state index is 0.0751. The molecule has 0 unspecified atom stereocenters. The van der Waals surface area contributed by atoms with Crippen LogP contribution in [0.15, 0.2) is 48.5 Å². The molecule has 0 radical (unpaired) electrons. The van der Waals surface area contributed by atoms with E-state index >= 15 is 0 Å². The van der Waals surface area contributed by atoms with Crippen molar-refractivity contribution in [3.05, 3.63) is 54.1 Å². The quantitative estimate of drug-likeness (QED) is 0.642. The van der Waals surface area contributed by atoms with Gasteiger partial charge in [-0.2, -0.15) is 0 Å². The van der Waals surface area contributed by atoms with Gasteiger partial charge in [0.2, 0.25) is 0 Å². The van der Waals surface area contributed by atoms with Crippen molar-refractivity contribution in [1.29, 1.82) is 0 Å². The third-order valence-corrected chi connectivity index (χ3v) is 3.90. The molecular weight excluding hydrogens is 242 g/mol. The van der Waals surface area contributed by atoms with E-state index in [2.05, 4.69) is 4.98 Å². The first-order valence-electron chi connectivity index (χ1n) is 5.71. The number of Topliss-reactive ketones (excluding diaryl/α,β-unsaturated/α-hetero) is 1. The number of hydrogen-bond acceptors (Lipinski definition) is 3. The Morgan fingerprint density at radius 1 is 1.11 bits per heavy atom. The third-order valence-electron chi connectivity index (χ3n) is 2.81. The number of nitrogens with zero attached hydrogens (tertiary/aromatic N) is 1. The van der Waals surface area contributed by atoms with Gasteiger partial charge < -0.3 is 0 Å². The molecule has 2 aromatic carbocycles. The summed E-state index contributed by atoms with van der Waals surface area (Å²) in [6.07, 6.45) is 0. The van der Waals surface area contributed by atoms with Gasteiger partial charge in [-0.1, -0.05) is 30.3 Å². The summed E-state index contributed by atoms with van der Waals surface area (Å²) < 4.78 is 1.11. The third kappa shape index (κ3) is 1.93. The normalized spacial score (nSPS) is 10.7. The van der Waals surface area contributed by atoms with E-state index in [1.165, 1.54) is 0 Å². The molecule has 0 N–H and O–H groups in total. The zero-order valence-corrected chi connectivity index (χ0v) is 10.7. The van der Waals surface area contributed by atoms with Crippen LogP contribution in [0.2, 0.25) is 0 Å². The summed E-state index contributed by atoms with van der Waals surface area (Å²) in [6, 6.07) is 15.8. The van der Waals surface area contributed by atoms with Crippen LogP contribution in [-0.2, 0) is 0 Å². The second-order valence-electron chi connectivity index (χ2n) is 4.12. The van der Waals surface area contributed by atoms with Gasteiger partial charge in [0.25, 0.3) is 0 Å². The molecular formula is C15H11NOS. The molecule has 0 spiro atoms. The molecule has 3 aromatic rings. The first-order chi connectivity index (χ1) is 8.74. The lowest BCUT2D eigenvalue weighted by molar-refractivity contribution is 0.101. The number of hydrogen-bond donors (Lipinski definition) is 0. The smallest absolute Gasteiger partial charge is 0.159 e. The number of rotatable bonds is 2. The van der Waals surface area contributed by atoms with E-state index in [0.717, 1.165) is 20.8 Å². The molecule has 18 heavy (non-hydrogen) atoms. The molecule has 1 aromatic heterocycles. The topological polar surface area (TPSA) is 30.0 Å². The van der Waals surface area contributed by atoms with Crippen LogP contribution in [0.1, 0.15) is 17.3 Å². The molecule has 0 aliphatic rings. The molecule has 1 heterocycles. The maximum absolute atomic E-state index is 11.3. The summed E-state index contributed by atoms with van der Waals surface area (Å²) >= 11 is 1.65. The average molecular weight is 253 g/mol. The van der Waals surface area contributed by atoms with E-state index < -0.39 is 0 Å². The second kappa shape index (κ2) is 4.35. The van der Waals surface area contributed by atoms with Crippen LogP contribution < -0.4 is 0 Å². The number of carbonyl (C=O) groups excluding carboxylic acids is 1. The highest BCUT2D eigenvalue weighted by molar-refractivity contribution is 7.21. The van der Waals surface area contributed by atoms with Gasteiger partial charge in [0.15, 0.2) is 5.78 Å². The molecule has 0 atom stereocenters. The van der Waals surface area contributed by atoms with E-state index in [9.17, 15) is 4.79 Å². The van der Waals surface area contributed by atoms with Crippen molar-refractivity contribution in [3.8, 4) is 10.6 Å². The van der Waals surface area contributed by atoms with E-state index in [1.54, 1.807) is 18.3 Å². The number of fused-ring (bicyclic) bond motifs is 1. The number of carbonyl (C=O) groups is 1. The van der Waals surface area contributed by atoms with Gasteiger partial charge in [0, 0.05) is 11.1 Å². The Labute approximate surface area is 109 Å². The minimum Gasteiger partial charge on any atom is -0.295 e. The lowest BCUT2D eigenvalue weighted by Gasteiger charge is -1.93. The lowest BCUT2D eigenvalue weighted by Crippen LogP contribution is -1.90. The van der Waals surface area contributed by atoms with Gasteiger partial charge in [0.1, 0.15) is 5.01 Å². The predicted octanol–water partition coefficient (Wildman–Crippen LogP) is 4.17. The van der Waals surface area contributed by atoms with Crippen molar-refractivity contribution in [2.75, 3.05) is 0 Å². The SMILES string of the molecule is CC(=O)c1ccc2sc(-c3ccccc3)nc2c1. The van der Waals surface area contributed by atoms with Crippen molar-refractivity contribution in [2.45, 2.75) is 6.92 Å². The molecule has 2 nitrogen and oxygen atoms in total. The highest BCUT2D eigenvalue weighted by Crippen LogP contribution is 2.30. The van der Waals surface area contributed by atoms with E-state index in [4.69, 9.17) is 0 Å². The summed E-state index contributed by atoms with van der Waals surface area (Å²) in [6.45, 7) is 1.58. The fourth-order valence-electron chi connectivity index (χ4n) is 1.85. The van der Waals surface area contributed by atoms with Gasteiger partial charge in [-0.3, -0.25) is 4.79 Å². The first kappa shape index (κ1) is 11.1. The average Bonchev–Trinajstić information content (AvgIpc) is 2.82. The van der Waals surface area contributed by atoms with Crippen LogP contribution >= 0.6 is 11.3 Å². The van der Waals surface area contributed by atoms with Gasteiger partial charge in [-0.05, 0) is 25.1 Å². The maximum atomic E-state index is 11.3. The van der Waals surface area contributed by atoms with E-state index in [-0.39, 0.29) is 5.78 Å². The zero-order chi connectivity index (χ0) is 12.5.